The second-order valence-corrected chi connectivity index (χ2v) is 7.89. The first-order valence-electron chi connectivity index (χ1n) is 7.28. The van der Waals surface area contributed by atoms with Gasteiger partial charge in [0.15, 0.2) is 17.7 Å². The van der Waals surface area contributed by atoms with Gasteiger partial charge in [0.2, 0.25) is 0 Å². The molecule has 8 heteroatoms. The first kappa shape index (κ1) is 16.8. The Morgan fingerprint density at radius 3 is 2.61 bits per heavy atom. The van der Waals surface area contributed by atoms with Crippen LogP contribution in [0.4, 0.5) is 0 Å². The van der Waals surface area contributed by atoms with Gasteiger partial charge in [-0.05, 0) is 32.9 Å². The average molecular weight is 344 g/mol. The molecule has 1 N–H and O–H groups in total. The first-order valence-corrected chi connectivity index (χ1v) is 8.69. The average Bonchev–Trinajstić information content (AvgIpc) is 2.89. The molecule has 2 saturated heterocycles. The fourth-order valence-corrected chi connectivity index (χ4v) is 3.78. The minimum atomic E-state index is -3.97. The molecule has 2 aliphatic rings. The van der Waals surface area contributed by atoms with Gasteiger partial charge < -0.3 is 19.3 Å². The van der Waals surface area contributed by atoms with Gasteiger partial charge in [0.05, 0.1) is 11.5 Å². The summed E-state index contributed by atoms with van der Waals surface area (Å²) in [7, 11) is -3.97. The highest BCUT2D eigenvalue weighted by Gasteiger charge is 2.63. The third-order valence-electron chi connectivity index (χ3n) is 3.98. The van der Waals surface area contributed by atoms with Crippen molar-refractivity contribution in [1.29, 1.82) is 0 Å². The Bertz CT molecular complexity index is 682. The number of aliphatic hydroxyl groups excluding tert-OH is 1. The van der Waals surface area contributed by atoms with E-state index < -0.39 is 40.5 Å². The SMILES string of the molecule is Cc1ccc(S(=O)(=O)OC[C@]23OC(C)(C)O[C@H]2COC3O)cc1. The van der Waals surface area contributed by atoms with E-state index in [0.717, 1.165) is 5.56 Å². The van der Waals surface area contributed by atoms with Crippen LogP contribution >= 0.6 is 0 Å². The fourth-order valence-electron chi connectivity index (χ4n) is 2.83. The lowest BCUT2D eigenvalue weighted by Gasteiger charge is -2.29. The Morgan fingerprint density at radius 1 is 1.30 bits per heavy atom. The number of aryl methyl sites for hydroxylation is 1. The van der Waals surface area contributed by atoms with Gasteiger partial charge in [0.1, 0.15) is 12.7 Å². The van der Waals surface area contributed by atoms with Crippen LogP contribution < -0.4 is 0 Å². The summed E-state index contributed by atoms with van der Waals surface area (Å²) in [6, 6.07) is 6.31. The van der Waals surface area contributed by atoms with Crippen molar-refractivity contribution in [3.63, 3.8) is 0 Å². The molecule has 23 heavy (non-hydrogen) atoms. The smallest absolute Gasteiger partial charge is 0.297 e. The van der Waals surface area contributed by atoms with Crippen molar-refractivity contribution in [2.45, 2.75) is 49.4 Å². The molecule has 2 aliphatic heterocycles. The van der Waals surface area contributed by atoms with Crippen molar-refractivity contribution in [1.82, 2.24) is 0 Å². The van der Waals surface area contributed by atoms with E-state index in [-0.39, 0.29) is 11.5 Å². The summed E-state index contributed by atoms with van der Waals surface area (Å²) in [6.07, 6.45) is -1.91. The van der Waals surface area contributed by atoms with Gasteiger partial charge >= 0.3 is 0 Å². The van der Waals surface area contributed by atoms with E-state index in [1.165, 1.54) is 12.1 Å². The molecule has 0 aliphatic carbocycles. The summed E-state index contributed by atoms with van der Waals surface area (Å²) >= 11 is 0. The Hall–Kier alpha value is -1.03. The Morgan fingerprint density at radius 2 is 1.96 bits per heavy atom. The van der Waals surface area contributed by atoms with Crippen molar-refractivity contribution in [2.24, 2.45) is 0 Å². The zero-order valence-electron chi connectivity index (χ0n) is 13.2. The zero-order valence-corrected chi connectivity index (χ0v) is 14.0. The molecular weight excluding hydrogens is 324 g/mol. The molecular formula is C15H20O7S. The number of rotatable bonds is 4. The van der Waals surface area contributed by atoms with Gasteiger partial charge in [-0.3, -0.25) is 4.18 Å². The van der Waals surface area contributed by atoms with Gasteiger partial charge in [0.25, 0.3) is 10.1 Å². The molecule has 2 fully saturated rings. The largest absolute Gasteiger partial charge is 0.365 e. The van der Waals surface area contributed by atoms with Crippen LogP contribution in [-0.2, 0) is 28.5 Å². The molecule has 0 aromatic heterocycles. The molecule has 0 bridgehead atoms. The third-order valence-corrected chi connectivity index (χ3v) is 5.26. The lowest BCUT2D eigenvalue weighted by atomic mass is 10.0. The zero-order chi connectivity index (χ0) is 16.9. The van der Waals surface area contributed by atoms with E-state index in [9.17, 15) is 13.5 Å². The van der Waals surface area contributed by atoms with E-state index in [0.29, 0.717) is 0 Å². The normalized spacial score (nSPS) is 32.9. The molecule has 3 rings (SSSR count). The van der Waals surface area contributed by atoms with Crippen LogP contribution in [0, 0.1) is 6.92 Å². The van der Waals surface area contributed by atoms with Crippen LogP contribution in [0.25, 0.3) is 0 Å². The maximum atomic E-state index is 12.3. The fraction of sp³-hybridized carbons (Fsp3) is 0.600. The highest BCUT2D eigenvalue weighted by atomic mass is 32.2. The van der Waals surface area contributed by atoms with Crippen molar-refractivity contribution >= 4 is 10.1 Å². The predicted molar refractivity (Wildman–Crippen MR) is 79.0 cm³/mol. The highest BCUT2D eigenvalue weighted by molar-refractivity contribution is 7.86. The van der Waals surface area contributed by atoms with E-state index >= 15 is 0 Å². The van der Waals surface area contributed by atoms with Crippen molar-refractivity contribution in [3.8, 4) is 0 Å². The number of aliphatic hydroxyl groups is 1. The van der Waals surface area contributed by atoms with Gasteiger partial charge in [0, 0.05) is 0 Å². The Balaban J connectivity index is 1.80. The molecule has 3 atom stereocenters. The summed E-state index contributed by atoms with van der Waals surface area (Å²) in [5.74, 6) is -0.952. The van der Waals surface area contributed by atoms with Crippen molar-refractivity contribution in [2.75, 3.05) is 13.2 Å². The topological polar surface area (TPSA) is 91.3 Å². The van der Waals surface area contributed by atoms with Gasteiger partial charge in [-0.2, -0.15) is 8.42 Å². The standard InChI is InChI=1S/C15H20O7S/c1-10-4-6-11(7-5-10)23(17,18)20-9-15-12(8-19-13(15)16)21-14(2,3)22-15/h4-7,12-13,16H,8-9H2,1-3H3/t12-,13?,15-/m0/s1. The summed E-state index contributed by atoms with van der Waals surface area (Å²) in [4.78, 5) is 0.0441. The van der Waals surface area contributed by atoms with Crippen LogP contribution in [0.2, 0.25) is 0 Å². The van der Waals surface area contributed by atoms with Crippen molar-refractivity contribution < 1.29 is 31.9 Å². The number of ether oxygens (including phenoxy) is 3. The third kappa shape index (κ3) is 3.02. The lowest BCUT2D eigenvalue weighted by Crippen LogP contribution is -2.50. The lowest BCUT2D eigenvalue weighted by molar-refractivity contribution is -0.241. The van der Waals surface area contributed by atoms with Gasteiger partial charge in [-0.15, -0.1) is 0 Å². The van der Waals surface area contributed by atoms with E-state index in [1.807, 2.05) is 6.92 Å². The minimum absolute atomic E-state index is 0.0441. The summed E-state index contributed by atoms with van der Waals surface area (Å²) in [6.45, 7) is 4.96. The highest BCUT2D eigenvalue weighted by Crippen LogP contribution is 2.43. The molecule has 1 aromatic carbocycles. The number of hydrogen-bond acceptors (Lipinski definition) is 7. The van der Waals surface area contributed by atoms with Gasteiger partial charge in [-0.25, -0.2) is 0 Å². The minimum Gasteiger partial charge on any atom is -0.365 e. The first-order chi connectivity index (χ1) is 10.6. The Labute approximate surface area is 135 Å². The molecule has 2 heterocycles. The van der Waals surface area contributed by atoms with Crippen LogP contribution in [-0.4, -0.2) is 50.5 Å². The van der Waals surface area contributed by atoms with E-state index in [2.05, 4.69) is 0 Å². The van der Waals surface area contributed by atoms with Crippen LogP contribution in [0.15, 0.2) is 29.2 Å². The second kappa shape index (κ2) is 5.51. The molecule has 0 saturated carbocycles. The number of fused-ring (bicyclic) bond motifs is 1. The summed E-state index contributed by atoms with van der Waals surface area (Å²) in [5.41, 5.74) is -0.419. The van der Waals surface area contributed by atoms with Crippen LogP contribution in [0.5, 0.6) is 0 Å². The molecule has 0 radical (unpaired) electrons. The maximum Gasteiger partial charge on any atom is 0.297 e. The maximum absolute atomic E-state index is 12.3. The van der Waals surface area contributed by atoms with Crippen LogP contribution in [0.3, 0.4) is 0 Å². The molecule has 128 valence electrons. The quantitative estimate of drug-likeness (QED) is 0.813. The molecule has 0 spiro atoms. The predicted octanol–water partition coefficient (Wildman–Crippen LogP) is 0.939. The van der Waals surface area contributed by atoms with Gasteiger partial charge in [-0.1, -0.05) is 17.7 Å². The van der Waals surface area contributed by atoms with Crippen LogP contribution in [0.1, 0.15) is 19.4 Å². The van der Waals surface area contributed by atoms with Crippen molar-refractivity contribution in [3.05, 3.63) is 29.8 Å². The molecule has 7 nitrogen and oxygen atoms in total. The summed E-state index contributed by atoms with van der Waals surface area (Å²) < 4.78 is 46.3. The second-order valence-electron chi connectivity index (χ2n) is 6.28. The molecule has 1 aromatic rings. The summed E-state index contributed by atoms with van der Waals surface area (Å²) in [5, 5.41) is 10.1. The monoisotopic (exact) mass is 344 g/mol. The molecule has 0 amide bonds. The molecule has 1 unspecified atom stereocenters. The number of hydrogen-bond donors (Lipinski definition) is 1. The Kier molecular flexibility index (Phi) is 4.03. The van der Waals surface area contributed by atoms with E-state index in [4.69, 9.17) is 18.4 Å². The number of benzene rings is 1. The van der Waals surface area contributed by atoms with E-state index in [1.54, 1.807) is 26.0 Å².